The SMILES string of the molecule is CC1CCCC(C(N)CSc2cccc(F)c2)C1. The molecule has 1 aromatic rings. The van der Waals surface area contributed by atoms with Gasteiger partial charge < -0.3 is 5.73 Å². The van der Waals surface area contributed by atoms with Crippen LogP contribution in [0, 0.1) is 17.7 Å². The van der Waals surface area contributed by atoms with Gasteiger partial charge in [-0.3, -0.25) is 0 Å². The fourth-order valence-corrected chi connectivity index (χ4v) is 3.78. The molecule has 0 amide bonds. The lowest BCUT2D eigenvalue weighted by Crippen LogP contribution is -2.35. The number of rotatable bonds is 4. The number of benzene rings is 1. The molecule has 1 nitrogen and oxygen atoms in total. The lowest BCUT2D eigenvalue weighted by Gasteiger charge is -2.31. The summed E-state index contributed by atoms with van der Waals surface area (Å²) in [6.45, 7) is 2.32. The molecule has 0 radical (unpaired) electrons. The molecule has 1 fully saturated rings. The molecule has 1 aliphatic carbocycles. The third-order valence-corrected chi connectivity index (χ3v) is 4.96. The van der Waals surface area contributed by atoms with Crippen LogP contribution in [0.2, 0.25) is 0 Å². The van der Waals surface area contributed by atoms with Gasteiger partial charge in [0.25, 0.3) is 0 Å². The zero-order valence-electron chi connectivity index (χ0n) is 10.9. The Balaban J connectivity index is 1.82. The summed E-state index contributed by atoms with van der Waals surface area (Å²) in [4.78, 5) is 0.981. The summed E-state index contributed by atoms with van der Waals surface area (Å²) in [7, 11) is 0. The lowest BCUT2D eigenvalue weighted by atomic mass is 9.79. The van der Waals surface area contributed by atoms with Crippen LogP contribution < -0.4 is 5.73 Å². The van der Waals surface area contributed by atoms with Gasteiger partial charge in [0.15, 0.2) is 0 Å². The molecule has 0 saturated heterocycles. The Morgan fingerprint density at radius 1 is 1.44 bits per heavy atom. The van der Waals surface area contributed by atoms with Crippen LogP contribution in [0.15, 0.2) is 29.2 Å². The number of hydrogen-bond donors (Lipinski definition) is 1. The molecule has 1 aliphatic rings. The first-order valence-electron chi connectivity index (χ1n) is 6.79. The van der Waals surface area contributed by atoms with E-state index in [1.54, 1.807) is 23.9 Å². The molecule has 1 saturated carbocycles. The molecule has 0 aliphatic heterocycles. The van der Waals surface area contributed by atoms with E-state index in [1.807, 2.05) is 6.07 Å². The molecule has 100 valence electrons. The van der Waals surface area contributed by atoms with Crippen molar-refractivity contribution in [1.82, 2.24) is 0 Å². The van der Waals surface area contributed by atoms with Gasteiger partial charge in [-0.1, -0.05) is 25.8 Å². The highest BCUT2D eigenvalue weighted by Gasteiger charge is 2.24. The maximum Gasteiger partial charge on any atom is 0.124 e. The molecule has 2 rings (SSSR count). The molecule has 18 heavy (non-hydrogen) atoms. The van der Waals surface area contributed by atoms with Gasteiger partial charge in [0.05, 0.1) is 0 Å². The summed E-state index contributed by atoms with van der Waals surface area (Å²) < 4.78 is 13.1. The first kappa shape index (κ1) is 13.9. The minimum atomic E-state index is -0.167. The van der Waals surface area contributed by atoms with E-state index in [2.05, 4.69) is 6.92 Å². The van der Waals surface area contributed by atoms with Gasteiger partial charge in [0.2, 0.25) is 0 Å². The lowest BCUT2D eigenvalue weighted by molar-refractivity contribution is 0.256. The van der Waals surface area contributed by atoms with Crippen molar-refractivity contribution in [2.24, 2.45) is 17.6 Å². The first-order valence-corrected chi connectivity index (χ1v) is 7.77. The molecule has 3 unspecified atom stereocenters. The maximum absolute atomic E-state index is 13.1. The predicted octanol–water partition coefficient (Wildman–Crippen LogP) is 4.07. The van der Waals surface area contributed by atoms with Gasteiger partial charge in [-0.05, 0) is 42.9 Å². The van der Waals surface area contributed by atoms with E-state index in [4.69, 9.17) is 5.73 Å². The smallest absolute Gasteiger partial charge is 0.124 e. The predicted molar refractivity (Wildman–Crippen MR) is 76.2 cm³/mol. The van der Waals surface area contributed by atoms with Gasteiger partial charge in [-0.25, -0.2) is 4.39 Å². The van der Waals surface area contributed by atoms with Crippen molar-refractivity contribution in [2.75, 3.05) is 5.75 Å². The second kappa shape index (κ2) is 6.58. The fraction of sp³-hybridized carbons (Fsp3) is 0.600. The van der Waals surface area contributed by atoms with E-state index in [-0.39, 0.29) is 11.9 Å². The second-order valence-corrected chi connectivity index (χ2v) is 6.56. The maximum atomic E-state index is 13.1. The first-order chi connectivity index (χ1) is 8.65. The van der Waals surface area contributed by atoms with Crippen LogP contribution >= 0.6 is 11.8 Å². The van der Waals surface area contributed by atoms with Gasteiger partial charge in [-0.2, -0.15) is 0 Å². The quantitative estimate of drug-likeness (QED) is 0.832. The minimum Gasteiger partial charge on any atom is -0.327 e. The zero-order valence-corrected chi connectivity index (χ0v) is 11.8. The molecule has 0 spiro atoms. The van der Waals surface area contributed by atoms with Crippen molar-refractivity contribution in [2.45, 2.75) is 43.5 Å². The Labute approximate surface area is 113 Å². The molecular formula is C15H22FNS. The number of halogens is 1. The number of hydrogen-bond acceptors (Lipinski definition) is 2. The number of nitrogens with two attached hydrogens (primary N) is 1. The average Bonchev–Trinajstić information content (AvgIpc) is 2.36. The monoisotopic (exact) mass is 267 g/mol. The van der Waals surface area contributed by atoms with E-state index >= 15 is 0 Å². The summed E-state index contributed by atoms with van der Waals surface area (Å²) in [6, 6.07) is 7.00. The Morgan fingerprint density at radius 2 is 2.28 bits per heavy atom. The zero-order chi connectivity index (χ0) is 13.0. The summed E-state index contributed by atoms with van der Waals surface area (Å²) >= 11 is 1.67. The van der Waals surface area contributed by atoms with Gasteiger partial charge >= 0.3 is 0 Å². The molecule has 3 atom stereocenters. The summed E-state index contributed by atoms with van der Waals surface area (Å²) in [5, 5.41) is 0. The van der Waals surface area contributed by atoms with E-state index in [0.29, 0.717) is 5.92 Å². The highest BCUT2D eigenvalue weighted by Crippen LogP contribution is 2.32. The molecule has 0 heterocycles. The third kappa shape index (κ3) is 3.99. The van der Waals surface area contributed by atoms with E-state index in [0.717, 1.165) is 16.6 Å². The number of thioether (sulfide) groups is 1. The Morgan fingerprint density at radius 3 is 3.00 bits per heavy atom. The standard InChI is InChI=1S/C15H22FNS/c1-11-4-2-5-12(8-11)15(17)10-18-14-7-3-6-13(16)9-14/h3,6-7,9,11-12,15H,2,4-5,8,10,17H2,1H3. The van der Waals surface area contributed by atoms with Crippen LogP contribution in [0.25, 0.3) is 0 Å². The van der Waals surface area contributed by atoms with Crippen LogP contribution in [0.4, 0.5) is 4.39 Å². The molecule has 3 heteroatoms. The highest BCUT2D eigenvalue weighted by molar-refractivity contribution is 7.99. The van der Waals surface area contributed by atoms with Crippen molar-refractivity contribution in [3.8, 4) is 0 Å². The Hall–Kier alpha value is -0.540. The molecule has 0 bridgehead atoms. The van der Waals surface area contributed by atoms with Crippen LogP contribution in [0.1, 0.15) is 32.6 Å². The largest absolute Gasteiger partial charge is 0.327 e. The van der Waals surface area contributed by atoms with Gasteiger partial charge in [0, 0.05) is 16.7 Å². The highest BCUT2D eigenvalue weighted by atomic mass is 32.2. The summed E-state index contributed by atoms with van der Waals surface area (Å²) in [5.74, 6) is 2.18. The topological polar surface area (TPSA) is 26.0 Å². The Kier molecular flexibility index (Phi) is 5.07. The van der Waals surface area contributed by atoms with Crippen molar-refractivity contribution < 1.29 is 4.39 Å². The molecule has 0 aromatic heterocycles. The normalized spacial score (nSPS) is 25.9. The van der Waals surface area contributed by atoms with Crippen molar-refractivity contribution in [1.29, 1.82) is 0 Å². The Bertz CT molecular complexity index is 383. The van der Waals surface area contributed by atoms with Crippen molar-refractivity contribution >= 4 is 11.8 Å². The van der Waals surface area contributed by atoms with E-state index in [9.17, 15) is 4.39 Å². The van der Waals surface area contributed by atoms with E-state index < -0.39 is 0 Å². The van der Waals surface area contributed by atoms with Crippen LogP contribution in [-0.2, 0) is 0 Å². The van der Waals surface area contributed by atoms with Gasteiger partial charge in [0.1, 0.15) is 5.82 Å². The van der Waals surface area contributed by atoms with E-state index in [1.165, 1.54) is 31.7 Å². The summed E-state index contributed by atoms with van der Waals surface area (Å²) in [5.41, 5.74) is 6.28. The minimum absolute atomic E-state index is 0.167. The molecular weight excluding hydrogens is 245 g/mol. The third-order valence-electron chi connectivity index (χ3n) is 3.82. The van der Waals surface area contributed by atoms with Crippen LogP contribution in [0.3, 0.4) is 0 Å². The summed E-state index contributed by atoms with van der Waals surface area (Å²) in [6.07, 6.45) is 5.17. The van der Waals surface area contributed by atoms with Crippen molar-refractivity contribution in [3.63, 3.8) is 0 Å². The molecule has 2 N–H and O–H groups in total. The van der Waals surface area contributed by atoms with Crippen LogP contribution in [-0.4, -0.2) is 11.8 Å². The van der Waals surface area contributed by atoms with Crippen LogP contribution in [0.5, 0.6) is 0 Å². The molecule has 1 aromatic carbocycles. The van der Waals surface area contributed by atoms with Crippen molar-refractivity contribution in [3.05, 3.63) is 30.1 Å². The fourth-order valence-electron chi connectivity index (χ4n) is 2.76. The average molecular weight is 267 g/mol. The second-order valence-electron chi connectivity index (χ2n) is 5.46. The van der Waals surface area contributed by atoms with Gasteiger partial charge in [-0.15, -0.1) is 11.8 Å².